The highest BCUT2D eigenvalue weighted by Gasteiger charge is 2.24. The van der Waals surface area contributed by atoms with Crippen molar-refractivity contribution in [3.8, 4) is 5.75 Å². The number of benzene rings is 2. The minimum absolute atomic E-state index is 0.0150. The van der Waals surface area contributed by atoms with Crippen LogP contribution in [-0.2, 0) is 6.61 Å². The molecule has 6 nitrogen and oxygen atoms in total. The number of ether oxygens (including phenoxy) is 1. The number of aliphatic hydroxyl groups is 1. The van der Waals surface area contributed by atoms with Gasteiger partial charge in [-0.1, -0.05) is 42.5 Å². The SMILES string of the molecule is O=C(O)c1cc(=O)c(OCc2ccccc2)c(C(O)c2ccc(F)cc2)o1. The summed E-state index contributed by atoms with van der Waals surface area (Å²) < 4.78 is 23.9. The number of aromatic carboxylic acids is 1. The highest BCUT2D eigenvalue weighted by molar-refractivity contribution is 5.84. The summed E-state index contributed by atoms with van der Waals surface area (Å²) in [6.45, 7) is 0.0150. The Morgan fingerprint density at radius 1 is 1.11 bits per heavy atom. The maximum atomic E-state index is 13.1. The maximum Gasteiger partial charge on any atom is 0.371 e. The van der Waals surface area contributed by atoms with E-state index in [1.54, 1.807) is 24.3 Å². The number of rotatable bonds is 6. The molecule has 1 heterocycles. The molecule has 0 bridgehead atoms. The van der Waals surface area contributed by atoms with Crippen LogP contribution in [-0.4, -0.2) is 16.2 Å². The zero-order chi connectivity index (χ0) is 19.4. The predicted octanol–water partition coefficient (Wildman–Crippen LogP) is 3.14. The minimum atomic E-state index is -1.51. The monoisotopic (exact) mass is 370 g/mol. The molecule has 2 aromatic carbocycles. The van der Waals surface area contributed by atoms with Crippen LogP contribution in [0.4, 0.5) is 4.39 Å². The average molecular weight is 370 g/mol. The van der Waals surface area contributed by atoms with Crippen molar-refractivity contribution in [2.45, 2.75) is 12.7 Å². The quantitative estimate of drug-likeness (QED) is 0.692. The molecule has 0 fully saturated rings. The molecule has 27 heavy (non-hydrogen) atoms. The lowest BCUT2D eigenvalue weighted by molar-refractivity contribution is 0.0646. The highest BCUT2D eigenvalue weighted by atomic mass is 19.1. The summed E-state index contributed by atoms with van der Waals surface area (Å²) in [7, 11) is 0. The molecule has 0 aliphatic carbocycles. The summed E-state index contributed by atoms with van der Waals surface area (Å²) in [5.41, 5.74) is 0.235. The Kier molecular flexibility index (Phi) is 5.33. The van der Waals surface area contributed by atoms with Crippen molar-refractivity contribution >= 4 is 5.97 Å². The lowest BCUT2D eigenvalue weighted by atomic mass is 10.1. The van der Waals surface area contributed by atoms with Crippen LogP contribution in [0.2, 0.25) is 0 Å². The van der Waals surface area contributed by atoms with E-state index in [-0.39, 0.29) is 23.7 Å². The van der Waals surface area contributed by atoms with Crippen LogP contribution in [0, 0.1) is 5.82 Å². The lowest BCUT2D eigenvalue weighted by Crippen LogP contribution is -2.16. The van der Waals surface area contributed by atoms with Crippen LogP contribution in [0.5, 0.6) is 5.75 Å². The van der Waals surface area contributed by atoms with Crippen LogP contribution >= 0.6 is 0 Å². The van der Waals surface area contributed by atoms with E-state index in [9.17, 15) is 19.1 Å². The number of carbonyl (C=O) groups is 1. The molecule has 138 valence electrons. The molecule has 0 saturated heterocycles. The van der Waals surface area contributed by atoms with Crippen LogP contribution in [0.3, 0.4) is 0 Å². The number of aliphatic hydroxyl groups excluding tert-OH is 1. The van der Waals surface area contributed by atoms with Crippen molar-refractivity contribution in [3.05, 3.63) is 99.4 Å². The molecule has 0 saturated carbocycles. The Balaban J connectivity index is 2.01. The number of carboxylic acid groups (broad SMARTS) is 1. The van der Waals surface area contributed by atoms with Gasteiger partial charge in [0.05, 0.1) is 0 Å². The van der Waals surface area contributed by atoms with Crippen LogP contribution in [0.1, 0.15) is 33.5 Å². The van der Waals surface area contributed by atoms with E-state index in [1.807, 2.05) is 6.07 Å². The first-order valence-corrected chi connectivity index (χ1v) is 7.97. The molecular weight excluding hydrogens is 355 g/mol. The van der Waals surface area contributed by atoms with Gasteiger partial charge in [-0.3, -0.25) is 4.79 Å². The largest absolute Gasteiger partial charge is 0.482 e. The van der Waals surface area contributed by atoms with Gasteiger partial charge in [-0.2, -0.15) is 0 Å². The second-order valence-electron chi connectivity index (χ2n) is 5.70. The number of hydrogen-bond donors (Lipinski definition) is 2. The predicted molar refractivity (Wildman–Crippen MR) is 93.2 cm³/mol. The van der Waals surface area contributed by atoms with E-state index in [2.05, 4.69) is 0 Å². The molecule has 0 spiro atoms. The molecule has 2 N–H and O–H groups in total. The molecule has 3 aromatic rings. The van der Waals surface area contributed by atoms with E-state index >= 15 is 0 Å². The summed E-state index contributed by atoms with van der Waals surface area (Å²) in [4.78, 5) is 23.6. The Morgan fingerprint density at radius 2 is 1.78 bits per heavy atom. The Bertz CT molecular complexity index is 995. The molecule has 0 aliphatic heterocycles. The Labute approximate surface area is 153 Å². The van der Waals surface area contributed by atoms with Crippen molar-refractivity contribution in [1.29, 1.82) is 0 Å². The van der Waals surface area contributed by atoms with Crippen LogP contribution in [0.15, 0.2) is 69.9 Å². The van der Waals surface area contributed by atoms with E-state index in [0.717, 1.165) is 23.8 Å². The van der Waals surface area contributed by atoms with Gasteiger partial charge < -0.3 is 19.4 Å². The van der Waals surface area contributed by atoms with Gasteiger partial charge in [0.15, 0.2) is 5.76 Å². The van der Waals surface area contributed by atoms with Gasteiger partial charge in [0.25, 0.3) is 0 Å². The molecule has 7 heteroatoms. The molecule has 1 unspecified atom stereocenters. The first kappa shape index (κ1) is 18.3. The zero-order valence-corrected chi connectivity index (χ0v) is 14.0. The fraction of sp³-hybridized carbons (Fsp3) is 0.100. The fourth-order valence-corrected chi connectivity index (χ4v) is 2.45. The molecule has 0 aliphatic rings. The minimum Gasteiger partial charge on any atom is -0.482 e. The first-order chi connectivity index (χ1) is 13.0. The summed E-state index contributed by atoms with van der Waals surface area (Å²) in [5.74, 6) is -3.27. The summed E-state index contributed by atoms with van der Waals surface area (Å²) >= 11 is 0. The molecule has 0 radical (unpaired) electrons. The van der Waals surface area contributed by atoms with Gasteiger partial charge in [0.2, 0.25) is 16.9 Å². The summed E-state index contributed by atoms with van der Waals surface area (Å²) in [5, 5.41) is 19.7. The zero-order valence-electron chi connectivity index (χ0n) is 14.0. The maximum absolute atomic E-state index is 13.1. The summed E-state index contributed by atoms with van der Waals surface area (Å²) in [6.07, 6.45) is -1.51. The van der Waals surface area contributed by atoms with Gasteiger partial charge in [-0.15, -0.1) is 0 Å². The van der Waals surface area contributed by atoms with Crippen LogP contribution < -0.4 is 10.2 Å². The van der Waals surface area contributed by atoms with Crippen molar-refractivity contribution in [1.82, 2.24) is 0 Å². The van der Waals surface area contributed by atoms with Gasteiger partial charge >= 0.3 is 5.97 Å². The number of halogens is 1. The van der Waals surface area contributed by atoms with E-state index in [4.69, 9.17) is 14.3 Å². The van der Waals surface area contributed by atoms with Crippen LogP contribution in [0.25, 0.3) is 0 Å². The molecule has 0 amide bonds. The third kappa shape index (κ3) is 4.21. The second-order valence-corrected chi connectivity index (χ2v) is 5.70. The van der Waals surface area contributed by atoms with Gasteiger partial charge in [-0.25, -0.2) is 9.18 Å². The number of carboxylic acids is 1. The van der Waals surface area contributed by atoms with E-state index < -0.39 is 29.1 Å². The van der Waals surface area contributed by atoms with Crippen molar-refractivity contribution < 1.29 is 28.6 Å². The van der Waals surface area contributed by atoms with Crippen molar-refractivity contribution in [2.24, 2.45) is 0 Å². The first-order valence-electron chi connectivity index (χ1n) is 7.97. The third-order valence-electron chi connectivity index (χ3n) is 3.80. The van der Waals surface area contributed by atoms with E-state index in [1.165, 1.54) is 12.1 Å². The lowest BCUT2D eigenvalue weighted by Gasteiger charge is -2.15. The Hall–Kier alpha value is -3.45. The van der Waals surface area contributed by atoms with E-state index in [0.29, 0.717) is 0 Å². The van der Waals surface area contributed by atoms with Gasteiger partial charge in [0.1, 0.15) is 18.5 Å². The smallest absolute Gasteiger partial charge is 0.371 e. The fourth-order valence-electron chi connectivity index (χ4n) is 2.45. The molecule has 3 rings (SSSR count). The molecule has 1 atom stereocenters. The number of hydrogen-bond acceptors (Lipinski definition) is 5. The second kappa shape index (κ2) is 7.84. The topological polar surface area (TPSA) is 97.0 Å². The van der Waals surface area contributed by atoms with Gasteiger partial charge in [-0.05, 0) is 23.3 Å². The van der Waals surface area contributed by atoms with Crippen molar-refractivity contribution in [2.75, 3.05) is 0 Å². The molecular formula is C20H15FO6. The normalized spacial score (nSPS) is 11.8. The summed E-state index contributed by atoms with van der Waals surface area (Å²) in [6, 6.07) is 14.6. The Morgan fingerprint density at radius 3 is 2.41 bits per heavy atom. The average Bonchev–Trinajstić information content (AvgIpc) is 2.67. The van der Waals surface area contributed by atoms with Crippen molar-refractivity contribution in [3.63, 3.8) is 0 Å². The molecule has 1 aromatic heterocycles. The highest BCUT2D eigenvalue weighted by Crippen LogP contribution is 2.29. The third-order valence-corrected chi connectivity index (χ3v) is 3.80. The van der Waals surface area contributed by atoms with Gasteiger partial charge in [0, 0.05) is 6.07 Å². The standard InChI is InChI=1S/C20H15FO6/c21-14-8-6-13(7-9-14)17(23)19-18(15(22)10-16(27-19)20(24)25)26-11-12-4-2-1-3-5-12/h1-10,17,23H,11H2,(H,24,25).